The zero-order valence-corrected chi connectivity index (χ0v) is 29.6. The number of alkyl carbamates (subject to hydrolysis) is 1. The molecule has 2 aromatic carbocycles. The maximum absolute atomic E-state index is 13.6. The van der Waals surface area contributed by atoms with E-state index in [1.54, 1.807) is 59.7 Å². The van der Waals surface area contributed by atoms with Crippen LogP contribution >= 0.6 is 0 Å². The molecule has 45 heavy (non-hydrogen) atoms. The van der Waals surface area contributed by atoms with E-state index in [1.807, 2.05) is 30.3 Å². The molecule has 0 aliphatic carbocycles. The Hall–Kier alpha value is -3.58. The van der Waals surface area contributed by atoms with Crippen molar-refractivity contribution in [3.05, 3.63) is 59.7 Å². The predicted octanol–water partition coefficient (Wildman–Crippen LogP) is 5.27. The molecule has 1 saturated heterocycles. The fourth-order valence-corrected chi connectivity index (χ4v) is 7.02. The number of carbonyl (C=O) groups excluding carboxylic acids is 3. The van der Waals surface area contributed by atoms with Gasteiger partial charge in [0.25, 0.3) is 5.91 Å². The minimum Gasteiger partial charge on any atom is -0.487 e. The van der Waals surface area contributed by atoms with Gasteiger partial charge >= 0.3 is 22.3 Å². The van der Waals surface area contributed by atoms with Gasteiger partial charge in [-0.1, -0.05) is 56.0 Å². The highest BCUT2D eigenvalue weighted by Gasteiger charge is 2.44. The summed E-state index contributed by atoms with van der Waals surface area (Å²) in [6.07, 6.45) is -0.778. The maximum Gasteiger partial charge on any atom is 0.408 e. The van der Waals surface area contributed by atoms with E-state index in [0.717, 1.165) is 14.2 Å². The zero-order valence-electron chi connectivity index (χ0n) is 27.8. The number of nitrogens with zero attached hydrogens (tertiary/aromatic N) is 2. The van der Waals surface area contributed by atoms with Crippen molar-refractivity contribution in [2.24, 2.45) is 0 Å². The van der Waals surface area contributed by atoms with Crippen LogP contribution in [0.15, 0.2) is 48.5 Å². The highest BCUT2D eigenvalue weighted by Crippen LogP contribution is 2.36. The van der Waals surface area contributed by atoms with Crippen molar-refractivity contribution in [2.75, 3.05) is 17.4 Å². The Morgan fingerprint density at radius 3 is 2.13 bits per heavy atom. The molecule has 1 fully saturated rings. The monoisotopic (exact) mass is 661 g/mol. The summed E-state index contributed by atoms with van der Waals surface area (Å²) in [6.45, 7) is 16.6. The van der Waals surface area contributed by atoms with E-state index in [0.29, 0.717) is 11.6 Å². The number of carbonyl (C=O) groups is 3. The molecule has 0 spiro atoms. The normalized spacial score (nSPS) is 15.9. The highest BCUT2D eigenvalue weighted by molar-refractivity contribution is 7.91. The highest BCUT2D eigenvalue weighted by atomic mass is 32.2. The van der Waals surface area contributed by atoms with E-state index in [9.17, 15) is 22.8 Å². The van der Waals surface area contributed by atoms with E-state index in [-0.39, 0.29) is 37.6 Å². The first-order valence-corrected chi connectivity index (χ1v) is 20.1. The Balaban J connectivity index is 1.98. The lowest BCUT2D eigenvalue weighted by molar-refractivity contribution is -0.157. The number of benzene rings is 2. The van der Waals surface area contributed by atoms with Crippen LogP contribution in [0.5, 0.6) is 5.75 Å². The van der Waals surface area contributed by atoms with Gasteiger partial charge in [0.05, 0.1) is 5.69 Å². The summed E-state index contributed by atoms with van der Waals surface area (Å²) in [5, 5.41) is 2.61. The van der Waals surface area contributed by atoms with Gasteiger partial charge in [-0.05, 0) is 70.8 Å². The van der Waals surface area contributed by atoms with E-state index in [2.05, 4.69) is 25.0 Å². The van der Waals surface area contributed by atoms with E-state index in [1.165, 1.54) is 0 Å². The predicted molar refractivity (Wildman–Crippen MR) is 176 cm³/mol. The number of hydrogen-bond donors (Lipinski definition) is 1. The summed E-state index contributed by atoms with van der Waals surface area (Å²) in [4.78, 5) is 38.8. The molecular formula is C32H47N3O8SSi. The van der Waals surface area contributed by atoms with Crippen LogP contribution in [0.3, 0.4) is 0 Å². The number of rotatable bonds is 11. The Labute approximate surface area is 268 Å². The quantitative estimate of drug-likeness (QED) is 0.254. The van der Waals surface area contributed by atoms with Gasteiger partial charge in [-0.25, -0.2) is 18.2 Å². The lowest BCUT2D eigenvalue weighted by Gasteiger charge is -2.27. The smallest absolute Gasteiger partial charge is 0.408 e. The Kier molecular flexibility index (Phi) is 11.0. The number of esters is 1. The largest absolute Gasteiger partial charge is 0.487 e. The summed E-state index contributed by atoms with van der Waals surface area (Å²) in [7, 11) is -5.78. The Morgan fingerprint density at radius 2 is 1.56 bits per heavy atom. The number of amides is 2. The molecule has 0 radical (unpaired) electrons. The SMILES string of the molecule is CC(C)(C)OC(=O)NC(Cc1ccc(N2CC(=O)N(CC[Si](C)(C)C)S2(=O)=O)c(OCc2ccccc2)c1)C(=O)OC(C)(C)C. The molecule has 13 heteroatoms. The van der Waals surface area contributed by atoms with Crippen LogP contribution in [0.25, 0.3) is 0 Å². The van der Waals surface area contributed by atoms with E-state index < -0.39 is 53.5 Å². The zero-order chi connectivity index (χ0) is 33.8. The summed E-state index contributed by atoms with van der Waals surface area (Å²) >= 11 is 0. The molecule has 11 nitrogen and oxygen atoms in total. The molecule has 2 amide bonds. The first-order valence-electron chi connectivity index (χ1n) is 15.0. The van der Waals surface area contributed by atoms with Crippen LogP contribution < -0.4 is 14.4 Å². The summed E-state index contributed by atoms with van der Waals surface area (Å²) in [5.41, 5.74) is 0.0185. The second-order valence-electron chi connectivity index (χ2n) is 14.3. The minimum absolute atomic E-state index is 0.00412. The van der Waals surface area contributed by atoms with Crippen molar-refractivity contribution < 1.29 is 37.0 Å². The first-order chi connectivity index (χ1) is 20.6. The molecule has 1 aliphatic heterocycles. The first kappa shape index (κ1) is 35.9. The molecule has 248 valence electrons. The standard InChI is InChI=1S/C32H47N3O8SSi/c1-31(2,3)42-29(37)25(33-30(38)43-32(4,5)6)19-24-15-16-26(27(20-24)41-22-23-13-11-10-12-14-23)35-21-28(36)34(44(35,39)40)17-18-45(7,8)9/h10-16,20,25H,17-19,21-22H2,1-9H3,(H,33,38). The van der Waals surface area contributed by atoms with Gasteiger partial charge in [-0.3, -0.25) is 4.79 Å². The average Bonchev–Trinajstić information content (AvgIpc) is 3.11. The average molecular weight is 662 g/mol. The lowest BCUT2D eigenvalue weighted by atomic mass is 10.0. The van der Waals surface area contributed by atoms with Crippen molar-refractivity contribution in [3.8, 4) is 5.75 Å². The molecule has 1 atom stereocenters. The second kappa shape index (κ2) is 13.8. The van der Waals surface area contributed by atoms with Crippen molar-refractivity contribution in [3.63, 3.8) is 0 Å². The van der Waals surface area contributed by atoms with Crippen molar-refractivity contribution in [1.29, 1.82) is 0 Å². The van der Waals surface area contributed by atoms with E-state index in [4.69, 9.17) is 14.2 Å². The van der Waals surface area contributed by atoms with Gasteiger partial charge < -0.3 is 19.5 Å². The van der Waals surface area contributed by atoms with Crippen LogP contribution in [0.2, 0.25) is 25.7 Å². The van der Waals surface area contributed by atoms with Gasteiger partial charge in [0, 0.05) is 21.0 Å². The third kappa shape index (κ3) is 10.8. The van der Waals surface area contributed by atoms with Crippen molar-refractivity contribution >= 4 is 41.9 Å². The molecule has 0 saturated carbocycles. The van der Waals surface area contributed by atoms with Crippen LogP contribution in [0, 0.1) is 0 Å². The molecule has 1 heterocycles. The molecule has 0 aromatic heterocycles. The molecule has 1 N–H and O–H groups in total. The topological polar surface area (TPSA) is 132 Å². The third-order valence-electron chi connectivity index (χ3n) is 6.53. The van der Waals surface area contributed by atoms with Gasteiger partial charge in [0.2, 0.25) is 0 Å². The third-order valence-corrected chi connectivity index (χ3v) is 10.1. The molecule has 1 unspecified atom stereocenters. The fourth-order valence-electron chi connectivity index (χ4n) is 4.41. The van der Waals surface area contributed by atoms with Gasteiger partial charge in [-0.15, -0.1) is 0 Å². The molecule has 0 bridgehead atoms. The number of anilines is 1. The van der Waals surface area contributed by atoms with Crippen molar-refractivity contribution in [1.82, 2.24) is 9.62 Å². The van der Waals surface area contributed by atoms with Crippen LogP contribution in [0.4, 0.5) is 10.5 Å². The lowest BCUT2D eigenvalue weighted by Crippen LogP contribution is -2.47. The van der Waals surface area contributed by atoms with Crippen molar-refractivity contribution in [2.45, 2.75) is 97.5 Å². The molecule has 3 rings (SSSR count). The number of ether oxygens (including phenoxy) is 3. The molecule has 2 aromatic rings. The number of nitrogens with one attached hydrogen (secondary N) is 1. The summed E-state index contributed by atoms with van der Waals surface area (Å²) in [6, 6.07) is 13.7. The Morgan fingerprint density at radius 1 is 0.933 bits per heavy atom. The fraction of sp³-hybridized carbons (Fsp3) is 0.531. The summed E-state index contributed by atoms with van der Waals surface area (Å²) < 4.78 is 46.4. The minimum atomic E-state index is -4.15. The van der Waals surface area contributed by atoms with Crippen LogP contribution in [-0.4, -0.2) is 69.1 Å². The molecule has 1 aliphatic rings. The van der Waals surface area contributed by atoms with E-state index >= 15 is 0 Å². The Bertz CT molecular complexity index is 1480. The molecular weight excluding hydrogens is 615 g/mol. The summed E-state index contributed by atoms with van der Waals surface area (Å²) in [5.74, 6) is -0.951. The maximum atomic E-state index is 13.6. The van der Waals surface area contributed by atoms with Gasteiger partial charge in [-0.2, -0.15) is 8.42 Å². The number of hydrogen-bond acceptors (Lipinski definition) is 8. The van der Waals surface area contributed by atoms with Crippen LogP contribution in [-0.2, 0) is 42.3 Å². The second-order valence-corrected chi connectivity index (χ2v) is 21.7. The van der Waals surface area contributed by atoms with Crippen LogP contribution in [0.1, 0.15) is 52.7 Å². The van der Waals surface area contributed by atoms with Gasteiger partial charge in [0.1, 0.15) is 36.1 Å². The van der Waals surface area contributed by atoms with Gasteiger partial charge in [0.15, 0.2) is 0 Å².